The van der Waals surface area contributed by atoms with Gasteiger partial charge in [0.1, 0.15) is 0 Å². The first kappa shape index (κ1) is 12.7. The Morgan fingerprint density at radius 3 is 2.68 bits per heavy atom. The van der Waals surface area contributed by atoms with Crippen LogP contribution < -0.4 is 5.73 Å². The van der Waals surface area contributed by atoms with Crippen LogP contribution in [0.2, 0.25) is 0 Å². The molecule has 0 radical (unpaired) electrons. The summed E-state index contributed by atoms with van der Waals surface area (Å²) < 4.78 is 2.82. The molecular formula is C14H17BrN4. The molecule has 1 saturated carbocycles. The molecular weight excluding hydrogens is 304 g/mol. The Labute approximate surface area is 121 Å². The molecule has 1 aliphatic rings. The number of aryl methyl sites for hydroxylation is 1. The average Bonchev–Trinajstić information content (AvgIpc) is 2.95. The molecule has 1 heterocycles. The van der Waals surface area contributed by atoms with Gasteiger partial charge in [0, 0.05) is 28.7 Å². The lowest BCUT2D eigenvalue weighted by Crippen LogP contribution is -1.97. The van der Waals surface area contributed by atoms with Gasteiger partial charge in [-0.15, -0.1) is 0 Å². The highest BCUT2D eigenvalue weighted by atomic mass is 79.9. The Hall–Kier alpha value is -1.36. The summed E-state index contributed by atoms with van der Waals surface area (Å²) in [5, 5.41) is 4.58. The molecule has 0 unspecified atom stereocenters. The second-order valence-corrected chi connectivity index (χ2v) is 6.09. The van der Waals surface area contributed by atoms with Crippen LogP contribution in [-0.2, 0) is 7.05 Å². The topological polar surface area (TPSA) is 56.7 Å². The first-order valence-corrected chi connectivity index (χ1v) is 7.40. The van der Waals surface area contributed by atoms with E-state index in [-0.39, 0.29) is 0 Å². The number of halogens is 1. The highest BCUT2D eigenvalue weighted by Gasteiger charge is 2.22. The van der Waals surface area contributed by atoms with Crippen LogP contribution in [0.1, 0.15) is 37.4 Å². The zero-order valence-electron chi connectivity index (χ0n) is 10.9. The maximum atomic E-state index is 5.89. The van der Waals surface area contributed by atoms with E-state index in [4.69, 9.17) is 10.7 Å². The lowest BCUT2D eigenvalue weighted by Gasteiger charge is -2.03. The third-order valence-corrected chi connectivity index (χ3v) is 4.14. The van der Waals surface area contributed by atoms with Crippen molar-refractivity contribution in [1.29, 1.82) is 0 Å². The molecule has 0 atom stereocenters. The summed E-state index contributed by atoms with van der Waals surface area (Å²) in [6.07, 6.45) is 5.01. The molecule has 1 aliphatic carbocycles. The fourth-order valence-corrected chi connectivity index (χ4v) is 3.26. The molecule has 2 N–H and O–H groups in total. The monoisotopic (exact) mass is 320 g/mol. The number of hydrogen-bond acceptors (Lipinski definition) is 3. The van der Waals surface area contributed by atoms with Crippen LogP contribution >= 0.6 is 15.9 Å². The van der Waals surface area contributed by atoms with Crippen molar-refractivity contribution in [2.75, 3.05) is 5.73 Å². The van der Waals surface area contributed by atoms with E-state index in [0.29, 0.717) is 5.92 Å². The van der Waals surface area contributed by atoms with E-state index in [1.165, 1.54) is 25.7 Å². The summed E-state index contributed by atoms with van der Waals surface area (Å²) in [6, 6.07) is 5.85. The van der Waals surface area contributed by atoms with Crippen molar-refractivity contribution in [3.05, 3.63) is 28.5 Å². The van der Waals surface area contributed by atoms with E-state index < -0.39 is 0 Å². The van der Waals surface area contributed by atoms with Crippen LogP contribution in [0.25, 0.3) is 11.4 Å². The van der Waals surface area contributed by atoms with Crippen molar-refractivity contribution >= 4 is 21.6 Å². The van der Waals surface area contributed by atoms with E-state index in [1.54, 1.807) is 0 Å². The summed E-state index contributed by atoms with van der Waals surface area (Å²) in [4.78, 5) is 4.72. The van der Waals surface area contributed by atoms with Gasteiger partial charge in [0.05, 0.1) is 0 Å². The molecule has 5 heteroatoms. The van der Waals surface area contributed by atoms with Gasteiger partial charge in [0.2, 0.25) is 0 Å². The van der Waals surface area contributed by atoms with E-state index in [1.807, 2.05) is 29.9 Å². The Morgan fingerprint density at radius 2 is 2.00 bits per heavy atom. The summed E-state index contributed by atoms with van der Waals surface area (Å²) in [6.45, 7) is 0. The normalized spacial score (nSPS) is 16.1. The van der Waals surface area contributed by atoms with Gasteiger partial charge >= 0.3 is 0 Å². The van der Waals surface area contributed by atoms with Crippen LogP contribution in [0, 0.1) is 0 Å². The molecule has 0 bridgehead atoms. The molecule has 19 heavy (non-hydrogen) atoms. The Morgan fingerprint density at radius 1 is 1.26 bits per heavy atom. The van der Waals surface area contributed by atoms with Crippen molar-refractivity contribution in [1.82, 2.24) is 14.8 Å². The van der Waals surface area contributed by atoms with Gasteiger partial charge in [-0.25, -0.2) is 9.67 Å². The number of nitrogens with two attached hydrogens (primary N) is 1. The van der Waals surface area contributed by atoms with Gasteiger partial charge in [0.25, 0.3) is 0 Å². The first-order valence-electron chi connectivity index (χ1n) is 6.61. The van der Waals surface area contributed by atoms with Gasteiger partial charge in [-0.05, 0) is 31.0 Å². The lowest BCUT2D eigenvalue weighted by molar-refractivity contribution is 0.648. The molecule has 1 aromatic carbocycles. The van der Waals surface area contributed by atoms with Gasteiger partial charge < -0.3 is 5.73 Å². The van der Waals surface area contributed by atoms with Crippen molar-refractivity contribution in [3.63, 3.8) is 0 Å². The predicted molar refractivity (Wildman–Crippen MR) is 79.8 cm³/mol. The third-order valence-electron chi connectivity index (χ3n) is 3.68. The SMILES string of the molecule is Cn1nc(C2CCCC2)nc1-c1cc(N)cc(Br)c1. The maximum Gasteiger partial charge on any atom is 0.158 e. The van der Waals surface area contributed by atoms with E-state index in [0.717, 1.165) is 27.4 Å². The molecule has 0 amide bonds. The number of hydrogen-bond donors (Lipinski definition) is 1. The number of benzene rings is 1. The predicted octanol–water partition coefficient (Wildman–Crippen LogP) is 3.48. The highest BCUT2D eigenvalue weighted by Crippen LogP contribution is 2.33. The summed E-state index contributed by atoms with van der Waals surface area (Å²) >= 11 is 3.47. The zero-order chi connectivity index (χ0) is 13.4. The van der Waals surface area contributed by atoms with Gasteiger partial charge in [-0.1, -0.05) is 28.8 Å². The van der Waals surface area contributed by atoms with Gasteiger partial charge in [0.15, 0.2) is 11.6 Å². The average molecular weight is 321 g/mol. The molecule has 0 spiro atoms. The van der Waals surface area contributed by atoms with Crippen LogP contribution in [0.3, 0.4) is 0 Å². The van der Waals surface area contributed by atoms with Crippen LogP contribution in [0.5, 0.6) is 0 Å². The minimum Gasteiger partial charge on any atom is -0.399 e. The number of anilines is 1. The number of rotatable bonds is 2. The smallest absolute Gasteiger partial charge is 0.158 e. The largest absolute Gasteiger partial charge is 0.399 e. The first-order chi connectivity index (χ1) is 9.13. The molecule has 100 valence electrons. The minimum absolute atomic E-state index is 0.532. The Balaban J connectivity index is 2.00. The third kappa shape index (κ3) is 2.52. The van der Waals surface area contributed by atoms with Gasteiger partial charge in [-0.2, -0.15) is 5.10 Å². The van der Waals surface area contributed by atoms with E-state index >= 15 is 0 Å². The standard InChI is InChI=1S/C14H17BrN4/c1-19-14(10-6-11(15)8-12(16)7-10)17-13(18-19)9-4-2-3-5-9/h6-9H,2-5,16H2,1H3. The lowest BCUT2D eigenvalue weighted by atomic mass is 10.1. The Kier molecular flexibility index (Phi) is 3.31. The molecule has 2 aromatic rings. The quantitative estimate of drug-likeness (QED) is 0.862. The molecule has 4 nitrogen and oxygen atoms in total. The second kappa shape index (κ2) is 4.96. The fourth-order valence-electron chi connectivity index (χ4n) is 2.75. The molecule has 0 aliphatic heterocycles. The summed E-state index contributed by atoms with van der Waals surface area (Å²) in [7, 11) is 1.94. The molecule has 0 saturated heterocycles. The Bertz CT molecular complexity index is 579. The summed E-state index contributed by atoms with van der Waals surface area (Å²) in [5.41, 5.74) is 7.63. The van der Waals surface area contributed by atoms with Crippen LogP contribution in [-0.4, -0.2) is 14.8 Å². The van der Waals surface area contributed by atoms with Crippen molar-refractivity contribution in [2.45, 2.75) is 31.6 Å². The number of nitrogen functional groups attached to an aromatic ring is 1. The fraction of sp³-hybridized carbons (Fsp3) is 0.429. The molecule has 1 fully saturated rings. The van der Waals surface area contributed by atoms with Crippen molar-refractivity contribution in [2.24, 2.45) is 7.05 Å². The van der Waals surface area contributed by atoms with Crippen molar-refractivity contribution < 1.29 is 0 Å². The molecule has 3 rings (SSSR count). The number of aromatic nitrogens is 3. The highest BCUT2D eigenvalue weighted by molar-refractivity contribution is 9.10. The summed E-state index contributed by atoms with van der Waals surface area (Å²) in [5.74, 6) is 2.40. The minimum atomic E-state index is 0.532. The maximum absolute atomic E-state index is 5.89. The zero-order valence-corrected chi connectivity index (χ0v) is 12.5. The van der Waals surface area contributed by atoms with E-state index in [2.05, 4.69) is 21.0 Å². The second-order valence-electron chi connectivity index (χ2n) is 5.17. The van der Waals surface area contributed by atoms with Crippen LogP contribution in [0.15, 0.2) is 22.7 Å². The number of nitrogens with zero attached hydrogens (tertiary/aromatic N) is 3. The van der Waals surface area contributed by atoms with E-state index in [9.17, 15) is 0 Å². The molecule has 1 aromatic heterocycles. The van der Waals surface area contributed by atoms with Gasteiger partial charge in [-0.3, -0.25) is 0 Å². The van der Waals surface area contributed by atoms with Crippen LogP contribution in [0.4, 0.5) is 5.69 Å². The van der Waals surface area contributed by atoms with Crippen molar-refractivity contribution in [3.8, 4) is 11.4 Å².